The van der Waals surface area contributed by atoms with E-state index < -0.39 is 11.9 Å². The second-order valence-electron chi connectivity index (χ2n) is 3.37. The van der Waals surface area contributed by atoms with Gasteiger partial charge in [-0.3, -0.25) is 9.78 Å². The average Bonchev–Trinajstić information content (AvgIpc) is 2.11. The number of hydrogen-bond acceptors (Lipinski definition) is 2. The molecule has 0 fully saturated rings. The van der Waals surface area contributed by atoms with E-state index in [4.69, 9.17) is 16.7 Å². The zero-order valence-electron chi connectivity index (χ0n) is 8.12. The van der Waals surface area contributed by atoms with Gasteiger partial charge in [0, 0.05) is 18.3 Å². The highest BCUT2D eigenvalue weighted by atomic mass is 35.5. The first-order chi connectivity index (χ1) is 6.50. The van der Waals surface area contributed by atoms with E-state index in [9.17, 15) is 4.79 Å². The van der Waals surface area contributed by atoms with Crippen molar-refractivity contribution in [2.45, 2.75) is 20.3 Å². The molecular formula is C10H12ClNO2. The maximum Gasteiger partial charge on any atom is 0.306 e. The molecule has 0 saturated heterocycles. The summed E-state index contributed by atoms with van der Waals surface area (Å²) in [5.41, 5.74) is 1.69. The molecule has 3 nitrogen and oxygen atoms in total. The Morgan fingerprint density at radius 2 is 2.36 bits per heavy atom. The molecule has 1 N–H and O–H groups in total. The SMILES string of the molecule is Cc1cc(CC(C)C(=O)O)ncc1Cl. The number of carboxylic acids is 1. The normalized spacial score (nSPS) is 12.5. The summed E-state index contributed by atoms with van der Waals surface area (Å²) in [6.45, 7) is 3.53. The van der Waals surface area contributed by atoms with Gasteiger partial charge in [0.15, 0.2) is 0 Å². The third kappa shape index (κ3) is 2.70. The summed E-state index contributed by atoms with van der Waals surface area (Å²) < 4.78 is 0. The molecule has 1 aromatic heterocycles. The minimum Gasteiger partial charge on any atom is -0.481 e. The second kappa shape index (κ2) is 4.42. The molecule has 0 bridgehead atoms. The van der Waals surface area contributed by atoms with Crippen LogP contribution in [0.5, 0.6) is 0 Å². The first-order valence-corrected chi connectivity index (χ1v) is 4.72. The molecule has 1 atom stereocenters. The number of aryl methyl sites for hydroxylation is 1. The van der Waals surface area contributed by atoms with E-state index in [2.05, 4.69) is 4.98 Å². The summed E-state index contributed by atoms with van der Waals surface area (Å²) in [5, 5.41) is 9.32. The second-order valence-corrected chi connectivity index (χ2v) is 3.78. The topological polar surface area (TPSA) is 50.2 Å². The third-order valence-corrected chi connectivity index (χ3v) is 2.44. The Morgan fingerprint density at radius 1 is 1.71 bits per heavy atom. The maximum absolute atomic E-state index is 10.6. The summed E-state index contributed by atoms with van der Waals surface area (Å²) in [4.78, 5) is 14.7. The van der Waals surface area contributed by atoms with E-state index in [0.717, 1.165) is 11.3 Å². The van der Waals surface area contributed by atoms with E-state index >= 15 is 0 Å². The molecule has 4 heteroatoms. The third-order valence-electron chi connectivity index (χ3n) is 2.04. The van der Waals surface area contributed by atoms with Crippen molar-refractivity contribution in [1.29, 1.82) is 0 Å². The molecule has 0 aliphatic rings. The zero-order chi connectivity index (χ0) is 10.7. The number of pyridine rings is 1. The largest absolute Gasteiger partial charge is 0.481 e. The van der Waals surface area contributed by atoms with Crippen molar-refractivity contribution in [2.24, 2.45) is 5.92 Å². The minimum absolute atomic E-state index is 0.414. The van der Waals surface area contributed by atoms with Gasteiger partial charge in [-0.15, -0.1) is 0 Å². The molecule has 1 heterocycles. The molecule has 76 valence electrons. The quantitative estimate of drug-likeness (QED) is 0.838. The molecule has 1 aromatic rings. The van der Waals surface area contributed by atoms with Crippen LogP contribution in [0.2, 0.25) is 5.02 Å². The highest BCUT2D eigenvalue weighted by Gasteiger charge is 2.12. The molecule has 0 spiro atoms. The molecule has 1 unspecified atom stereocenters. The fourth-order valence-electron chi connectivity index (χ4n) is 1.11. The summed E-state index contributed by atoms with van der Waals surface area (Å²) >= 11 is 5.80. The van der Waals surface area contributed by atoms with E-state index in [1.54, 1.807) is 13.1 Å². The number of halogens is 1. The number of rotatable bonds is 3. The van der Waals surface area contributed by atoms with Gasteiger partial charge in [0.2, 0.25) is 0 Å². The van der Waals surface area contributed by atoms with Crippen LogP contribution in [0.15, 0.2) is 12.3 Å². The van der Waals surface area contributed by atoms with E-state index in [1.165, 1.54) is 0 Å². The summed E-state index contributed by atoms with van der Waals surface area (Å²) in [6, 6.07) is 1.82. The first kappa shape index (κ1) is 11.0. The van der Waals surface area contributed by atoms with Gasteiger partial charge >= 0.3 is 5.97 Å². The lowest BCUT2D eigenvalue weighted by atomic mass is 10.0. The van der Waals surface area contributed by atoms with Crippen LogP contribution in [-0.2, 0) is 11.2 Å². The molecular weight excluding hydrogens is 202 g/mol. The fraction of sp³-hybridized carbons (Fsp3) is 0.400. The van der Waals surface area contributed by atoms with Crippen LogP contribution in [0.25, 0.3) is 0 Å². The zero-order valence-corrected chi connectivity index (χ0v) is 8.88. The van der Waals surface area contributed by atoms with Crippen molar-refractivity contribution < 1.29 is 9.90 Å². The van der Waals surface area contributed by atoms with Gasteiger partial charge < -0.3 is 5.11 Å². The van der Waals surface area contributed by atoms with Crippen LogP contribution in [0.1, 0.15) is 18.2 Å². The fourth-order valence-corrected chi connectivity index (χ4v) is 1.21. The Hall–Kier alpha value is -1.09. The monoisotopic (exact) mass is 213 g/mol. The van der Waals surface area contributed by atoms with Crippen molar-refractivity contribution in [1.82, 2.24) is 4.98 Å². The summed E-state index contributed by atoms with van der Waals surface area (Å²) in [7, 11) is 0. The van der Waals surface area contributed by atoms with E-state index in [-0.39, 0.29) is 0 Å². The standard InChI is InChI=1S/C10H12ClNO2/c1-6-3-8(12-5-9(6)11)4-7(2)10(13)14/h3,5,7H,4H2,1-2H3,(H,13,14). The molecule has 0 amide bonds. The highest BCUT2D eigenvalue weighted by Crippen LogP contribution is 2.15. The summed E-state index contributed by atoms with van der Waals surface area (Å²) in [6.07, 6.45) is 1.99. The number of hydrogen-bond donors (Lipinski definition) is 1. The number of aliphatic carboxylic acids is 1. The maximum atomic E-state index is 10.6. The van der Waals surface area contributed by atoms with Crippen molar-refractivity contribution >= 4 is 17.6 Å². The van der Waals surface area contributed by atoms with Gasteiger partial charge in [0.05, 0.1) is 10.9 Å². The van der Waals surface area contributed by atoms with Gasteiger partial charge in [-0.05, 0) is 18.6 Å². The molecule has 1 rings (SSSR count). The lowest BCUT2D eigenvalue weighted by Crippen LogP contribution is -2.13. The van der Waals surface area contributed by atoms with Gasteiger partial charge in [-0.25, -0.2) is 0 Å². The average molecular weight is 214 g/mol. The van der Waals surface area contributed by atoms with Crippen LogP contribution in [0, 0.1) is 12.8 Å². The predicted octanol–water partition coefficient (Wildman–Crippen LogP) is 2.31. The number of carboxylic acid groups (broad SMARTS) is 1. The van der Waals surface area contributed by atoms with Gasteiger partial charge in [-0.1, -0.05) is 18.5 Å². The molecule has 14 heavy (non-hydrogen) atoms. The van der Waals surface area contributed by atoms with Crippen molar-refractivity contribution in [3.8, 4) is 0 Å². The van der Waals surface area contributed by atoms with Gasteiger partial charge in [0.1, 0.15) is 0 Å². The summed E-state index contributed by atoms with van der Waals surface area (Å²) in [5.74, 6) is -1.22. The molecule has 0 radical (unpaired) electrons. The minimum atomic E-state index is -0.806. The molecule has 0 saturated carbocycles. The predicted molar refractivity (Wildman–Crippen MR) is 54.5 cm³/mol. The van der Waals surface area contributed by atoms with Gasteiger partial charge in [-0.2, -0.15) is 0 Å². The first-order valence-electron chi connectivity index (χ1n) is 4.34. The lowest BCUT2D eigenvalue weighted by molar-refractivity contribution is -0.141. The Kier molecular flexibility index (Phi) is 3.47. The van der Waals surface area contributed by atoms with Crippen LogP contribution >= 0.6 is 11.6 Å². The highest BCUT2D eigenvalue weighted by molar-refractivity contribution is 6.31. The van der Waals surface area contributed by atoms with Crippen molar-refractivity contribution in [3.63, 3.8) is 0 Å². The van der Waals surface area contributed by atoms with Crippen molar-refractivity contribution in [2.75, 3.05) is 0 Å². The van der Waals surface area contributed by atoms with Crippen LogP contribution in [-0.4, -0.2) is 16.1 Å². The Balaban J connectivity index is 2.78. The van der Waals surface area contributed by atoms with Crippen LogP contribution in [0.4, 0.5) is 0 Å². The van der Waals surface area contributed by atoms with Crippen LogP contribution in [0.3, 0.4) is 0 Å². The number of nitrogens with zero attached hydrogens (tertiary/aromatic N) is 1. The van der Waals surface area contributed by atoms with E-state index in [1.807, 2.05) is 13.0 Å². The van der Waals surface area contributed by atoms with Gasteiger partial charge in [0.25, 0.3) is 0 Å². The Morgan fingerprint density at radius 3 is 2.86 bits per heavy atom. The molecule has 0 aliphatic heterocycles. The van der Waals surface area contributed by atoms with Crippen molar-refractivity contribution in [3.05, 3.63) is 28.5 Å². The van der Waals surface area contributed by atoms with Crippen LogP contribution < -0.4 is 0 Å². The molecule has 0 aliphatic carbocycles. The smallest absolute Gasteiger partial charge is 0.306 e. The Labute approximate surface area is 87.7 Å². The van der Waals surface area contributed by atoms with E-state index in [0.29, 0.717) is 11.4 Å². The Bertz CT molecular complexity index is 352. The lowest BCUT2D eigenvalue weighted by Gasteiger charge is -2.06. The molecule has 0 aromatic carbocycles. The number of carbonyl (C=O) groups is 1. The number of aromatic nitrogens is 1.